The van der Waals surface area contributed by atoms with Gasteiger partial charge in [-0.3, -0.25) is 10.1 Å². The number of unbranched alkanes of at least 4 members (excludes halogenated alkanes) is 2. The molecule has 0 saturated heterocycles. The predicted molar refractivity (Wildman–Crippen MR) is 130 cm³/mol. The molecule has 0 aliphatic rings. The Hall–Kier alpha value is -3.32. The van der Waals surface area contributed by atoms with E-state index < -0.39 is 0 Å². The maximum Gasteiger partial charge on any atom is 0.250 e. The van der Waals surface area contributed by atoms with Gasteiger partial charge >= 0.3 is 0 Å². The van der Waals surface area contributed by atoms with Gasteiger partial charge in [0.2, 0.25) is 5.91 Å². The van der Waals surface area contributed by atoms with Crippen LogP contribution in [0.1, 0.15) is 31.7 Å². The standard InChI is InChI=1S/C25H28N2O4S/c1-4-5-6-14-31-22-12-10-18(15-23(22)30-3)11-13-24(28)27-25-26-21(17-32-25)19-8-7-9-20(16-19)29-2/h7-13,15-17H,4-6,14H2,1-3H3,(H,26,27,28)/b13-11+. The fourth-order valence-corrected chi connectivity index (χ4v) is 3.73. The maximum absolute atomic E-state index is 12.3. The minimum Gasteiger partial charge on any atom is -0.497 e. The summed E-state index contributed by atoms with van der Waals surface area (Å²) in [5.41, 5.74) is 2.56. The normalized spacial score (nSPS) is 10.8. The van der Waals surface area contributed by atoms with Crippen LogP contribution in [-0.2, 0) is 4.79 Å². The van der Waals surface area contributed by atoms with E-state index in [1.54, 1.807) is 20.3 Å². The molecule has 0 bridgehead atoms. The lowest BCUT2D eigenvalue weighted by atomic mass is 10.2. The number of anilines is 1. The summed E-state index contributed by atoms with van der Waals surface area (Å²) in [6.45, 7) is 2.82. The topological polar surface area (TPSA) is 69.7 Å². The fraction of sp³-hybridized carbons (Fsp3) is 0.280. The van der Waals surface area contributed by atoms with Gasteiger partial charge in [-0.2, -0.15) is 0 Å². The Morgan fingerprint density at radius 3 is 2.75 bits per heavy atom. The average Bonchev–Trinajstić information content (AvgIpc) is 3.29. The van der Waals surface area contributed by atoms with E-state index >= 15 is 0 Å². The second-order valence-electron chi connectivity index (χ2n) is 7.06. The molecule has 0 spiro atoms. The molecule has 32 heavy (non-hydrogen) atoms. The Morgan fingerprint density at radius 1 is 1.09 bits per heavy atom. The summed E-state index contributed by atoms with van der Waals surface area (Å²) in [6.07, 6.45) is 6.50. The summed E-state index contributed by atoms with van der Waals surface area (Å²) in [5, 5.41) is 5.24. The predicted octanol–water partition coefficient (Wildman–Crippen LogP) is 6.05. The molecule has 1 amide bonds. The Labute approximate surface area is 192 Å². The van der Waals surface area contributed by atoms with Crippen LogP contribution in [-0.4, -0.2) is 31.7 Å². The molecule has 7 heteroatoms. The molecule has 0 radical (unpaired) electrons. The largest absolute Gasteiger partial charge is 0.497 e. The van der Waals surface area contributed by atoms with E-state index in [0.717, 1.165) is 41.8 Å². The van der Waals surface area contributed by atoms with Gasteiger partial charge < -0.3 is 14.2 Å². The smallest absolute Gasteiger partial charge is 0.250 e. The first kappa shape index (κ1) is 23.3. The van der Waals surface area contributed by atoms with E-state index in [4.69, 9.17) is 14.2 Å². The van der Waals surface area contributed by atoms with Crippen LogP contribution in [0.3, 0.4) is 0 Å². The van der Waals surface area contributed by atoms with Crippen molar-refractivity contribution in [2.45, 2.75) is 26.2 Å². The number of nitrogens with one attached hydrogen (secondary N) is 1. The lowest BCUT2D eigenvalue weighted by Gasteiger charge is -2.11. The van der Waals surface area contributed by atoms with Crippen LogP contribution >= 0.6 is 11.3 Å². The Bertz CT molecular complexity index is 1060. The number of methoxy groups -OCH3 is 2. The van der Waals surface area contributed by atoms with E-state index in [1.807, 2.05) is 47.8 Å². The van der Waals surface area contributed by atoms with Gasteiger partial charge in [-0.25, -0.2) is 4.98 Å². The number of thiazole rings is 1. The molecular formula is C25H28N2O4S. The first-order valence-electron chi connectivity index (χ1n) is 10.5. The lowest BCUT2D eigenvalue weighted by molar-refractivity contribution is -0.111. The van der Waals surface area contributed by atoms with Gasteiger partial charge in [-0.05, 0) is 42.3 Å². The monoisotopic (exact) mass is 452 g/mol. The SMILES string of the molecule is CCCCCOc1ccc(/C=C/C(=O)Nc2nc(-c3cccc(OC)c3)cs2)cc1OC. The molecule has 6 nitrogen and oxygen atoms in total. The Kier molecular flexibility index (Phi) is 8.69. The van der Waals surface area contributed by atoms with Crippen molar-refractivity contribution in [2.24, 2.45) is 0 Å². The minimum absolute atomic E-state index is 0.254. The van der Waals surface area contributed by atoms with Crippen molar-refractivity contribution in [1.29, 1.82) is 0 Å². The van der Waals surface area contributed by atoms with Gasteiger partial charge in [-0.1, -0.05) is 38.0 Å². The number of benzene rings is 2. The van der Waals surface area contributed by atoms with Crippen LogP contribution in [0.25, 0.3) is 17.3 Å². The van der Waals surface area contributed by atoms with Crippen LogP contribution in [0.5, 0.6) is 17.2 Å². The number of carbonyl (C=O) groups excluding carboxylic acids is 1. The van der Waals surface area contributed by atoms with Gasteiger partial charge in [0.25, 0.3) is 0 Å². The molecule has 0 aliphatic carbocycles. The third kappa shape index (κ3) is 6.59. The summed E-state index contributed by atoms with van der Waals surface area (Å²) in [7, 11) is 3.23. The zero-order chi connectivity index (χ0) is 22.8. The Morgan fingerprint density at radius 2 is 1.97 bits per heavy atom. The van der Waals surface area contributed by atoms with Gasteiger partial charge in [0.15, 0.2) is 16.6 Å². The van der Waals surface area contributed by atoms with Crippen molar-refractivity contribution in [1.82, 2.24) is 4.98 Å². The van der Waals surface area contributed by atoms with Crippen molar-refractivity contribution in [3.63, 3.8) is 0 Å². The van der Waals surface area contributed by atoms with E-state index in [2.05, 4.69) is 17.2 Å². The maximum atomic E-state index is 12.3. The quantitative estimate of drug-likeness (QED) is 0.283. The highest BCUT2D eigenvalue weighted by atomic mass is 32.1. The summed E-state index contributed by atoms with van der Waals surface area (Å²) in [4.78, 5) is 16.8. The molecule has 0 aliphatic heterocycles. The van der Waals surface area contributed by atoms with E-state index in [9.17, 15) is 4.79 Å². The van der Waals surface area contributed by atoms with Crippen LogP contribution in [0.4, 0.5) is 5.13 Å². The number of carbonyl (C=O) groups is 1. The van der Waals surface area contributed by atoms with Crippen LogP contribution < -0.4 is 19.5 Å². The van der Waals surface area contributed by atoms with E-state index in [1.165, 1.54) is 17.4 Å². The van der Waals surface area contributed by atoms with Gasteiger partial charge in [0, 0.05) is 17.0 Å². The fourth-order valence-electron chi connectivity index (χ4n) is 3.01. The van der Waals surface area contributed by atoms with Crippen molar-refractivity contribution in [3.05, 3.63) is 59.5 Å². The number of rotatable bonds is 11. The molecule has 168 valence electrons. The van der Waals surface area contributed by atoms with Gasteiger partial charge in [0.1, 0.15) is 5.75 Å². The van der Waals surface area contributed by atoms with E-state index in [-0.39, 0.29) is 5.91 Å². The van der Waals surface area contributed by atoms with Crippen molar-refractivity contribution >= 4 is 28.5 Å². The molecule has 3 aromatic rings. The molecule has 3 rings (SSSR count). The first-order chi connectivity index (χ1) is 15.6. The molecule has 0 unspecified atom stereocenters. The zero-order valence-corrected chi connectivity index (χ0v) is 19.4. The highest BCUT2D eigenvalue weighted by Crippen LogP contribution is 2.29. The number of ether oxygens (including phenoxy) is 3. The Balaban J connectivity index is 1.60. The average molecular weight is 453 g/mol. The number of nitrogens with zero attached hydrogens (tertiary/aromatic N) is 1. The minimum atomic E-state index is -0.254. The van der Waals surface area contributed by atoms with Crippen molar-refractivity contribution < 1.29 is 19.0 Å². The highest BCUT2D eigenvalue weighted by molar-refractivity contribution is 7.14. The molecule has 0 atom stereocenters. The first-order valence-corrected chi connectivity index (χ1v) is 11.4. The van der Waals surface area contributed by atoms with Gasteiger partial charge in [0.05, 0.1) is 26.5 Å². The lowest BCUT2D eigenvalue weighted by Crippen LogP contribution is -2.07. The van der Waals surface area contributed by atoms with Crippen LogP contribution in [0, 0.1) is 0 Å². The second-order valence-corrected chi connectivity index (χ2v) is 7.92. The van der Waals surface area contributed by atoms with Crippen molar-refractivity contribution in [3.8, 4) is 28.5 Å². The summed E-state index contributed by atoms with van der Waals surface area (Å²) in [5.74, 6) is 1.86. The molecular weight excluding hydrogens is 424 g/mol. The number of hydrogen-bond acceptors (Lipinski definition) is 6. The zero-order valence-electron chi connectivity index (χ0n) is 18.6. The highest BCUT2D eigenvalue weighted by Gasteiger charge is 2.08. The number of hydrogen-bond donors (Lipinski definition) is 1. The third-order valence-electron chi connectivity index (χ3n) is 4.72. The molecule has 1 aromatic heterocycles. The number of amides is 1. The molecule has 1 heterocycles. The van der Waals surface area contributed by atoms with E-state index in [0.29, 0.717) is 23.2 Å². The third-order valence-corrected chi connectivity index (χ3v) is 5.48. The summed E-state index contributed by atoms with van der Waals surface area (Å²) in [6, 6.07) is 13.3. The van der Waals surface area contributed by atoms with Crippen LogP contribution in [0.15, 0.2) is 53.9 Å². The van der Waals surface area contributed by atoms with Gasteiger partial charge in [-0.15, -0.1) is 11.3 Å². The van der Waals surface area contributed by atoms with Crippen molar-refractivity contribution in [2.75, 3.05) is 26.1 Å². The second kappa shape index (κ2) is 11.9. The number of aromatic nitrogens is 1. The summed E-state index contributed by atoms with van der Waals surface area (Å²) >= 11 is 1.37. The molecule has 0 saturated carbocycles. The summed E-state index contributed by atoms with van der Waals surface area (Å²) < 4.78 is 16.5. The van der Waals surface area contributed by atoms with Crippen LogP contribution in [0.2, 0.25) is 0 Å². The molecule has 0 fully saturated rings. The molecule has 2 aromatic carbocycles. The molecule has 1 N–H and O–H groups in total.